The van der Waals surface area contributed by atoms with Gasteiger partial charge in [0.2, 0.25) is 0 Å². The molecule has 1 aliphatic rings. The highest BCUT2D eigenvalue weighted by molar-refractivity contribution is 7.22. The quantitative estimate of drug-likeness (QED) is 0.437. The van der Waals surface area contributed by atoms with Crippen LogP contribution in [0.3, 0.4) is 0 Å². The molecule has 5 rings (SSSR count). The van der Waals surface area contributed by atoms with Crippen molar-refractivity contribution in [1.29, 1.82) is 0 Å². The minimum atomic E-state index is -0.377. The molecule has 150 valence electrons. The second-order valence-electron chi connectivity index (χ2n) is 7.53. The van der Waals surface area contributed by atoms with E-state index in [-0.39, 0.29) is 11.7 Å². The molecule has 0 saturated carbocycles. The van der Waals surface area contributed by atoms with E-state index in [4.69, 9.17) is 0 Å². The normalized spacial score (nSPS) is 13.2. The van der Waals surface area contributed by atoms with Gasteiger partial charge in [-0.05, 0) is 72.7 Å². The topological polar surface area (TPSA) is 46.1 Å². The monoisotopic (exact) mass is 417 g/mol. The van der Waals surface area contributed by atoms with Crippen molar-refractivity contribution in [2.75, 3.05) is 4.90 Å². The fourth-order valence-electron chi connectivity index (χ4n) is 3.94. The van der Waals surface area contributed by atoms with E-state index in [9.17, 15) is 9.18 Å². The number of benzene rings is 2. The number of thiazole rings is 1. The van der Waals surface area contributed by atoms with E-state index >= 15 is 0 Å². The molecule has 0 spiro atoms. The van der Waals surface area contributed by atoms with Gasteiger partial charge in [0, 0.05) is 18.0 Å². The molecule has 0 saturated heterocycles. The van der Waals surface area contributed by atoms with Crippen molar-refractivity contribution < 1.29 is 9.18 Å². The molecule has 0 aliphatic heterocycles. The molecule has 6 heteroatoms. The summed E-state index contributed by atoms with van der Waals surface area (Å²) in [4.78, 5) is 23.8. The smallest absolute Gasteiger partial charge is 0.260 e. The lowest BCUT2D eigenvalue weighted by atomic mass is 9.90. The summed E-state index contributed by atoms with van der Waals surface area (Å²) < 4.78 is 15.0. The van der Waals surface area contributed by atoms with Crippen LogP contribution in [-0.4, -0.2) is 15.9 Å². The number of anilines is 1. The second-order valence-corrected chi connectivity index (χ2v) is 8.54. The zero-order chi connectivity index (χ0) is 20.5. The van der Waals surface area contributed by atoms with E-state index in [1.165, 1.54) is 35.0 Å². The number of fused-ring (bicyclic) bond motifs is 2. The molecule has 4 aromatic rings. The zero-order valence-electron chi connectivity index (χ0n) is 16.3. The Morgan fingerprint density at radius 3 is 2.73 bits per heavy atom. The Hall–Kier alpha value is -3.12. The molecule has 0 radical (unpaired) electrons. The average molecular weight is 418 g/mol. The summed E-state index contributed by atoms with van der Waals surface area (Å²) in [6.07, 6.45) is 7.87. The number of para-hydroxylation sites is 1. The molecular weight excluding hydrogens is 397 g/mol. The van der Waals surface area contributed by atoms with Crippen molar-refractivity contribution in [3.63, 3.8) is 0 Å². The molecule has 4 nitrogen and oxygen atoms in total. The van der Waals surface area contributed by atoms with Crippen LogP contribution < -0.4 is 4.90 Å². The van der Waals surface area contributed by atoms with Gasteiger partial charge < -0.3 is 0 Å². The van der Waals surface area contributed by atoms with Gasteiger partial charge in [-0.3, -0.25) is 14.7 Å². The molecule has 0 N–H and O–H groups in total. The minimum absolute atomic E-state index is 0.133. The Morgan fingerprint density at radius 2 is 1.93 bits per heavy atom. The molecule has 1 amide bonds. The summed E-state index contributed by atoms with van der Waals surface area (Å²) in [6, 6.07) is 14.6. The fourth-order valence-corrected chi connectivity index (χ4v) is 4.92. The molecule has 1 aliphatic carbocycles. The number of nitrogens with zero attached hydrogens (tertiary/aromatic N) is 3. The van der Waals surface area contributed by atoms with Crippen molar-refractivity contribution in [2.45, 2.75) is 32.2 Å². The van der Waals surface area contributed by atoms with Crippen LogP contribution in [0.4, 0.5) is 9.52 Å². The Bertz CT molecular complexity index is 1220. The van der Waals surface area contributed by atoms with Crippen LogP contribution in [0.15, 0.2) is 60.9 Å². The standard InChI is InChI=1S/C24H20FN3OS/c25-20-8-3-9-21-22(20)27-24(30-21)28(15-16-5-4-12-26-14-16)23(29)19-11-10-17-6-1-2-7-18(17)13-19/h3-5,8-14H,1-2,6-7,15H2. The molecule has 2 heterocycles. The maximum Gasteiger partial charge on any atom is 0.260 e. The molecule has 2 aromatic heterocycles. The van der Waals surface area contributed by atoms with Gasteiger partial charge in [-0.1, -0.05) is 29.5 Å². The first kappa shape index (κ1) is 18.9. The van der Waals surface area contributed by atoms with Crippen LogP contribution in [-0.2, 0) is 19.4 Å². The molecule has 30 heavy (non-hydrogen) atoms. The first-order valence-corrected chi connectivity index (χ1v) is 10.9. The number of hydrogen-bond donors (Lipinski definition) is 0. The van der Waals surface area contributed by atoms with Crippen LogP contribution in [0.1, 0.15) is 39.9 Å². The average Bonchev–Trinajstić information content (AvgIpc) is 3.23. The van der Waals surface area contributed by atoms with Crippen LogP contribution in [0.5, 0.6) is 0 Å². The number of aryl methyl sites for hydroxylation is 2. The van der Waals surface area contributed by atoms with E-state index in [1.54, 1.807) is 23.4 Å². The zero-order valence-corrected chi connectivity index (χ0v) is 17.2. The van der Waals surface area contributed by atoms with Gasteiger partial charge in [-0.25, -0.2) is 9.37 Å². The lowest BCUT2D eigenvalue weighted by Crippen LogP contribution is -2.30. The van der Waals surface area contributed by atoms with Crippen molar-refractivity contribution >= 4 is 32.6 Å². The van der Waals surface area contributed by atoms with Crippen molar-refractivity contribution in [3.8, 4) is 0 Å². The van der Waals surface area contributed by atoms with E-state index in [0.29, 0.717) is 22.8 Å². The Kier molecular flexibility index (Phi) is 5.01. The Labute approximate surface area is 178 Å². The Morgan fingerprint density at radius 1 is 1.07 bits per heavy atom. The van der Waals surface area contributed by atoms with Gasteiger partial charge in [0.15, 0.2) is 5.13 Å². The summed E-state index contributed by atoms with van der Waals surface area (Å²) in [7, 11) is 0. The third-order valence-electron chi connectivity index (χ3n) is 5.49. The van der Waals surface area contributed by atoms with Gasteiger partial charge in [-0.2, -0.15) is 0 Å². The lowest BCUT2D eigenvalue weighted by molar-refractivity contribution is 0.0985. The van der Waals surface area contributed by atoms with Gasteiger partial charge >= 0.3 is 0 Å². The number of aromatic nitrogens is 2. The molecule has 0 unspecified atom stereocenters. The highest BCUT2D eigenvalue weighted by Gasteiger charge is 2.24. The number of hydrogen-bond acceptors (Lipinski definition) is 4. The first-order chi connectivity index (χ1) is 14.7. The third kappa shape index (κ3) is 3.59. The highest BCUT2D eigenvalue weighted by Crippen LogP contribution is 2.32. The predicted molar refractivity (Wildman–Crippen MR) is 117 cm³/mol. The Balaban J connectivity index is 1.56. The number of pyridine rings is 1. The lowest BCUT2D eigenvalue weighted by Gasteiger charge is -2.22. The third-order valence-corrected chi connectivity index (χ3v) is 6.54. The molecule has 2 aromatic carbocycles. The van der Waals surface area contributed by atoms with Crippen LogP contribution in [0.25, 0.3) is 10.2 Å². The summed E-state index contributed by atoms with van der Waals surface area (Å²) in [5.41, 5.74) is 4.41. The predicted octanol–water partition coefficient (Wildman–Crippen LogP) is 5.56. The molecular formula is C24H20FN3OS. The van der Waals surface area contributed by atoms with E-state index in [0.717, 1.165) is 29.5 Å². The highest BCUT2D eigenvalue weighted by atomic mass is 32.1. The first-order valence-electron chi connectivity index (χ1n) is 10.1. The summed E-state index contributed by atoms with van der Waals surface area (Å²) in [5, 5.41) is 0.488. The number of halogens is 1. The minimum Gasteiger partial charge on any atom is -0.279 e. The molecule has 0 atom stereocenters. The number of rotatable bonds is 4. The second kappa shape index (κ2) is 7.95. The van der Waals surface area contributed by atoms with Gasteiger partial charge in [0.05, 0.1) is 11.2 Å². The van der Waals surface area contributed by atoms with E-state index in [1.807, 2.05) is 30.3 Å². The van der Waals surface area contributed by atoms with E-state index in [2.05, 4.69) is 16.0 Å². The summed E-state index contributed by atoms with van der Waals surface area (Å²) >= 11 is 1.32. The summed E-state index contributed by atoms with van der Waals surface area (Å²) in [6.45, 7) is 0.325. The maximum atomic E-state index is 14.2. The summed E-state index contributed by atoms with van der Waals surface area (Å²) in [5.74, 6) is -0.510. The number of carbonyl (C=O) groups is 1. The van der Waals surface area contributed by atoms with Crippen molar-refractivity contribution in [1.82, 2.24) is 9.97 Å². The van der Waals surface area contributed by atoms with E-state index < -0.39 is 0 Å². The maximum absolute atomic E-state index is 14.2. The van der Waals surface area contributed by atoms with Crippen molar-refractivity contribution in [2.24, 2.45) is 0 Å². The molecule has 0 fully saturated rings. The van der Waals surface area contributed by atoms with Gasteiger partial charge in [0.25, 0.3) is 5.91 Å². The van der Waals surface area contributed by atoms with Gasteiger partial charge in [0.1, 0.15) is 11.3 Å². The van der Waals surface area contributed by atoms with Crippen LogP contribution in [0.2, 0.25) is 0 Å². The largest absolute Gasteiger partial charge is 0.279 e. The number of amides is 1. The SMILES string of the molecule is O=C(c1ccc2c(c1)CCCC2)N(Cc1cccnc1)c1nc2c(F)cccc2s1. The number of carbonyl (C=O) groups excluding carboxylic acids is 1. The van der Waals surface area contributed by atoms with Crippen LogP contribution >= 0.6 is 11.3 Å². The van der Waals surface area contributed by atoms with Gasteiger partial charge in [-0.15, -0.1) is 0 Å². The molecule has 0 bridgehead atoms. The fraction of sp³-hybridized carbons (Fsp3) is 0.208. The van der Waals surface area contributed by atoms with Crippen molar-refractivity contribution in [3.05, 3.63) is 89.0 Å². The van der Waals surface area contributed by atoms with Crippen LogP contribution in [0, 0.1) is 5.82 Å².